The predicted molar refractivity (Wildman–Crippen MR) is 107 cm³/mol. The van der Waals surface area contributed by atoms with Crippen molar-refractivity contribution in [2.45, 2.75) is 51.0 Å². The molecule has 1 aromatic carbocycles. The van der Waals surface area contributed by atoms with Crippen LogP contribution in [0.25, 0.3) is 11.2 Å². The first-order chi connectivity index (χ1) is 12.7. The van der Waals surface area contributed by atoms with Crippen molar-refractivity contribution in [2.75, 3.05) is 6.54 Å². The lowest BCUT2D eigenvalue weighted by Crippen LogP contribution is -2.28. The molecule has 6 nitrogen and oxygen atoms in total. The Morgan fingerprint density at radius 3 is 2.44 bits per heavy atom. The Kier molecular flexibility index (Phi) is 5.35. The molecule has 0 aliphatic heterocycles. The Bertz CT molecular complexity index is 1030. The van der Waals surface area contributed by atoms with Crippen LogP contribution in [-0.2, 0) is 28.4 Å². The highest BCUT2D eigenvalue weighted by Gasteiger charge is 2.18. The fourth-order valence-corrected chi connectivity index (χ4v) is 4.04. The number of pyridine rings is 1. The highest BCUT2D eigenvalue weighted by atomic mass is 32.2. The zero-order valence-electron chi connectivity index (χ0n) is 16.2. The maximum atomic E-state index is 12.6. The van der Waals surface area contributed by atoms with Crippen molar-refractivity contribution >= 4 is 21.2 Å². The summed E-state index contributed by atoms with van der Waals surface area (Å²) in [7, 11) is -3.55. The monoisotopic (exact) mass is 386 g/mol. The van der Waals surface area contributed by atoms with Crippen molar-refractivity contribution in [1.82, 2.24) is 19.3 Å². The molecule has 2 heterocycles. The number of aromatic nitrogens is 3. The molecule has 27 heavy (non-hydrogen) atoms. The van der Waals surface area contributed by atoms with Gasteiger partial charge >= 0.3 is 0 Å². The lowest BCUT2D eigenvalue weighted by atomic mass is 9.87. The molecule has 0 aliphatic rings. The molecule has 0 spiro atoms. The number of nitrogens with zero attached hydrogens (tertiary/aromatic N) is 3. The van der Waals surface area contributed by atoms with Gasteiger partial charge in [-0.2, -0.15) is 0 Å². The van der Waals surface area contributed by atoms with Crippen LogP contribution >= 0.6 is 0 Å². The Morgan fingerprint density at radius 1 is 1.11 bits per heavy atom. The number of rotatable bonds is 6. The van der Waals surface area contributed by atoms with Crippen LogP contribution in [0.2, 0.25) is 0 Å². The largest absolute Gasteiger partial charge is 0.311 e. The Morgan fingerprint density at radius 2 is 1.81 bits per heavy atom. The van der Waals surface area contributed by atoms with Gasteiger partial charge < -0.3 is 4.57 Å². The van der Waals surface area contributed by atoms with E-state index in [-0.39, 0.29) is 16.9 Å². The summed E-state index contributed by atoms with van der Waals surface area (Å²) in [4.78, 5) is 9.22. The molecule has 0 unspecified atom stereocenters. The zero-order valence-corrected chi connectivity index (χ0v) is 17.0. The minimum Gasteiger partial charge on any atom is -0.311 e. The van der Waals surface area contributed by atoms with E-state index in [1.165, 1.54) is 0 Å². The van der Waals surface area contributed by atoms with E-state index in [9.17, 15) is 8.42 Å². The number of nitrogens with one attached hydrogen (secondary N) is 1. The number of hydrogen-bond donors (Lipinski definition) is 1. The molecular formula is C20H26N4O2S. The Labute approximate surface area is 160 Å². The molecule has 1 N–H and O–H groups in total. The molecule has 3 rings (SSSR count). The fraction of sp³-hybridized carbons (Fsp3) is 0.400. The molecular weight excluding hydrogens is 360 g/mol. The summed E-state index contributed by atoms with van der Waals surface area (Å²) in [6.45, 7) is 9.09. The van der Waals surface area contributed by atoms with Gasteiger partial charge in [-0.3, -0.25) is 0 Å². The number of imidazole rings is 1. The van der Waals surface area contributed by atoms with Gasteiger partial charge in [0.1, 0.15) is 11.3 Å². The van der Waals surface area contributed by atoms with Crippen LogP contribution in [0.15, 0.2) is 47.5 Å². The van der Waals surface area contributed by atoms with Gasteiger partial charge in [-0.1, -0.05) is 39.8 Å². The third-order valence-corrected chi connectivity index (χ3v) is 6.03. The second-order valence-corrected chi connectivity index (χ2v) is 9.32. The molecule has 0 amide bonds. The summed E-state index contributed by atoms with van der Waals surface area (Å²) in [5.41, 5.74) is 2.70. The third-order valence-electron chi connectivity index (χ3n) is 4.56. The molecule has 0 saturated heterocycles. The van der Waals surface area contributed by atoms with Crippen LogP contribution in [0, 0.1) is 0 Å². The van der Waals surface area contributed by atoms with Gasteiger partial charge in [0.2, 0.25) is 10.0 Å². The van der Waals surface area contributed by atoms with E-state index in [4.69, 9.17) is 0 Å². The summed E-state index contributed by atoms with van der Waals surface area (Å²) in [5, 5.41) is 0. The van der Waals surface area contributed by atoms with E-state index in [1.54, 1.807) is 18.3 Å². The van der Waals surface area contributed by atoms with Gasteiger partial charge in [0.05, 0.1) is 4.90 Å². The topological polar surface area (TPSA) is 76.9 Å². The second kappa shape index (κ2) is 7.40. The smallest absolute Gasteiger partial charge is 0.240 e. The molecule has 144 valence electrons. The van der Waals surface area contributed by atoms with Crippen molar-refractivity contribution in [3.05, 3.63) is 54.0 Å². The number of aryl methyl sites for hydroxylation is 1. The average molecular weight is 387 g/mol. The maximum Gasteiger partial charge on any atom is 0.240 e. The highest BCUT2D eigenvalue weighted by Crippen LogP contribution is 2.23. The third kappa shape index (κ3) is 4.20. The van der Waals surface area contributed by atoms with Crippen LogP contribution in [-0.4, -0.2) is 29.5 Å². The lowest BCUT2D eigenvalue weighted by Gasteiger charge is -2.19. The number of fused-ring (bicyclic) bond motifs is 1. The normalized spacial score (nSPS) is 12.6. The van der Waals surface area contributed by atoms with Crippen molar-refractivity contribution < 1.29 is 8.42 Å². The van der Waals surface area contributed by atoms with E-state index in [0.29, 0.717) is 6.54 Å². The van der Waals surface area contributed by atoms with Crippen LogP contribution in [0.3, 0.4) is 0 Å². The van der Waals surface area contributed by atoms with Crippen molar-refractivity contribution in [1.29, 1.82) is 0 Å². The lowest BCUT2D eigenvalue weighted by molar-refractivity contribution is 0.569. The molecule has 2 aromatic heterocycles. The zero-order chi connectivity index (χ0) is 19.7. The van der Waals surface area contributed by atoms with Gasteiger partial charge in [0.25, 0.3) is 0 Å². The van der Waals surface area contributed by atoms with E-state index in [2.05, 4.69) is 35.5 Å². The maximum absolute atomic E-state index is 12.6. The quantitative estimate of drug-likeness (QED) is 0.705. The number of sulfonamides is 1. The van der Waals surface area contributed by atoms with Crippen molar-refractivity contribution in [2.24, 2.45) is 0 Å². The summed E-state index contributed by atoms with van der Waals surface area (Å²) in [5.74, 6) is 0.900. The van der Waals surface area contributed by atoms with Gasteiger partial charge in [-0.25, -0.2) is 23.1 Å². The molecule has 0 aliphatic carbocycles. The first-order valence-electron chi connectivity index (χ1n) is 9.12. The minimum atomic E-state index is -3.55. The second-order valence-electron chi connectivity index (χ2n) is 7.55. The van der Waals surface area contributed by atoms with Gasteiger partial charge in [-0.15, -0.1) is 0 Å². The van der Waals surface area contributed by atoms with Crippen molar-refractivity contribution in [3.63, 3.8) is 0 Å². The van der Waals surface area contributed by atoms with Crippen LogP contribution in [0.1, 0.15) is 39.1 Å². The number of hydrogen-bond acceptors (Lipinski definition) is 4. The van der Waals surface area contributed by atoms with Gasteiger partial charge in [0, 0.05) is 25.7 Å². The van der Waals surface area contributed by atoms with Crippen LogP contribution in [0.4, 0.5) is 0 Å². The Balaban J connectivity index is 1.73. The first kappa shape index (κ1) is 19.5. The Hall–Kier alpha value is -2.25. The average Bonchev–Trinajstić information content (AvgIpc) is 2.99. The van der Waals surface area contributed by atoms with E-state index in [0.717, 1.165) is 29.0 Å². The summed E-state index contributed by atoms with van der Waals surface area (Å²) < 4.78 is 29.8. The minimum absolute atomic E-state index is 0.0121. The SMILES string of the molecule is CCc1nc2cccnc2n1CCNS(=O)(=O)c1ccc(C(C)(C)C)cc1. The first-order valence-corrected chi connectivity index (χ1v) is 10.6. The molecule has 0 bridgehead atoms. The molecule has 3 aromatic rings. The molecule has 0 atom stereocenters. The summed E-state index contributed by atoms with van der Waals surface area (Å²) in [6, 6.07) is 10.8. The van der Waals surface area contributed by atoms with Gasteiger partial charge in [-0.05, 0) is 35.2 Å². The van der Waals surface area contributed by atoms with E-state index >= 15 is 0 Å². The van der Waals surface area contributed by atoms with Gasteiger partial charge in [0.15, 0.2) is 5.65 Å². The van der Waals surface area contributed by atoms with Crippen LogP contribution < -0.4 is 4.72 Å². The van der Waals surface area contributed by atoms with Crippen LogP contribution in [0.5, 0.6) is 0 Å². The molecule has 7 heteroatoms. The molecule has 0 fully saturated rings. The van der Waals surface area contributed by atoms with Crippen molar-refractivity contribution in [3.8, 4) is 0 Å². The number of benzene rings is 1. The fourth-order valence-electron chi connectivity index (χ4n) is 3.02. The standard InChI is InChI=1S/C20H26N4O2S/c1-5-18-23-17-7-6-12-21-19(17)24(18)14-13-22-27(25,26)16-10-8-15(9-11-16)20(2,3)4/h6-12,22H,5,13-14H2,1-4H3. The summed E-state index contributed by atoms with van der Waals surface area (Å²) in [6.07, 6.45) is 2.48. The molecule has 0 radical (unpaired) electrons. The predicted octanol–water partition coefficient (Wildman–Crippen LogP) is 3.27. The molecule has 0 saturated carbocycles. The highest BCUT2D eigenvalue weighted by molar-refractivity contribution is 7.89. The summed E-state index contributed by atoms with van der Waals surface area (Å²) >= 11 is 0. The van der Waals surface area contributed by atoms with E-state index < -0.39 is 10.0 Å². The van der Waals surface area contributed by atoms with E-state index in [1.807, 2.05) is 35.8 Å².